The van der Waals surface area contributed by atoms with Gasteiger partial charge in [-0.05, 0) is 12.1 Å². The van der Waals surface area contributed by atoms with E-state index in [1.807, 2.05) is 18.2 Å². The fraction of sp³-hybridized carbons (Fsp3) is 0.421. The van der Waals surface area contributed by atoms with Gasteiger partial charge in [-0.25, -0.2) is 4.98 Å². The van der Waals surface area contributed by atoms with E-state index in [0.717, 1.165) is 5.69 Å². The van der Waals surface area contributed by atoms with Gasteiger partial charge in [0.25, 0.3) is 5.56 Å². The highest BCUT2D eigenvalue weighted by atomic mass is 32.2. The van der Waals surface area contributed by atoms with Gasteiger partial charge in [-0.15, -0.1) is 0 Å². The predicted octanol–water partition coefficient (Wildman–Crippen LogP) is 2.37. The highest BCUT2D eigenvalue weighted by molar-refractivity contribution is 7.99. The number of carbonyl (C=O) groups is 1. The van der Waals surface area contributed by atoms with Gasteiger partial charge in [0.1, 0.15) is 11.6 Å². The second-order valence-corrected chi connectivity index (χ2v) is 8.35. The molecule has 2 aromatic rings. The summed E-state index contributed by atoms with van der Waals surface area (Å²) in [6.45, 7) is 6.35. The molecule has 0 bridgehead atoms. The Kier molecular flexibility index (Phi) is 5.07. The molecule has 0 saturated heterocycles. The Balaban J connectivity index is 2.07. The first-order chi connectivity index (χ1) is 12.8. The Morgan fingerprint density at radius 2 is 2.15 bits per heavy atom. The second kappa shape index (κ2) is 7.16. The lowest BCUT2D eigenvalue weighted by atomic mass is 9.91. The van der Waals surface area contributed by atoms with E-state index in [4.69, 9.17) is 4.74 Å². The van der Waals surface area contributed by atoms with Crippen LogP contribution in [0.1, 0.15) is 32.0 Å². The lowest BCUT2D eigenvalue weighted by Gasteiger charge is -2.24. The van der Waals surface area contributed by atoms with Crippen molar-refractivity contribution in [3.8, 4) is 17.3 Å². The van der Waals surface area contributed by atoms with Gasteiger partial charge in [0.15, 0.2) is 5.16 Å². The Labute approximate surface area is 161 Å². The van der Waals surface area contributed by atoms with Gasteiger partial charge in [0, 0.05) is 35.2 Å². The van der Waals surface area contributed by atoms with E-state index >= 15 is 0 Å². The van der Waals surface area contributed by atoms with Gasteiger partial charge < -0.3 is 4.74 Å². The molecule has 3 rings (SSSR count). The summed E-state index contributed by atoms with van der Waals surface area (Å²) in [5.41, 5.74) is 1.27. The number of hydrogen-bond donors (Lipinski definition) is 0. The zero-order valence-corrected chi connectivity index (χ0v) is 16.5. The first-order valence-corrected chi connectivity index (χ1v) is 9.47. The Hall–Kier alpha value is -2.66. The summed E-state index contributed by atoms with van der Waals surface area (Å²) in [5.74, 6) is -0.326. The van der Waals surface area contributed by atoms with Crippen LogP contribution in [0.3, 0.4) is 0 Å². The summed E-state index contributed by atoms with van der Waals surface area (Å²) in [6, 6.07) is 5.68. The first kappa shape index (κ1) is 19.1. The van der Waals surface area contributed by atoms with Crippen LogP contribution in [0.5, 0.6) is 0 Å². The molecular formula is C19H20N4O3S. The van der Waals surface area contributed by atoms with Crippen molar-refractivity contribution in [1.29, 1.82) is 5.26 Å². The Morgan fingerprint density at radius 3 is 2.70 bits per heavy atom. The third kappa shape index (κ3) is 3.60. The summed E-state index contributed by atoms with van der Waals surface area (Å²) < 4.78 is 6.16. The molecule has 1 atom stereocenters. The molecule has 0 spiro atoms. The normalized spacial score (nSPS) is 16.3. The molecular weight excluding hydrogens is 364 g/mol. The van der Waals surface area contributed by atoms with Gasteiger partial charge in [-0.2, -0.15) is 5.26 Å². The van der Waals surface area contributed by atoms with Crippen molar-refractivity contribution in [1.82, 2.24) is 14.5 Å². The number of thioether (sulfide) groups is 1. The zero-order chi connectivity index (χ0) is 19.8. The molecule has 3 heterocycles. The van der Waals surface area contributed by atoms with Gasteiger partial charge in [0.05, 0.1) is 18.7 Å². The topological polar surface area (TPSA) is 97.9 Å². The maximum atomic E-state index is 12.8. The number of pyridine rings is 1. The van der Waals surface area contributed by atoms with Crippen LogP contribution in [0.2, 0.25) is 0 Å². The number of hydrogen-bond acceptors (Lipinski definition) is 7. The van der Waals surface area contributed by atoms with Gasteiger partial charge in [0.2, 0.25) is 0 Å². The summed E-state index contributed by atoms with van der Waals surface area (Å²) in [6.07, 6.45) is 1.64. The van der Waals surface area contributed by atoms with E-state index in [1.54, 1.807) is 6.20 Å². The Morgan fingerprint density at radius 1 is 1.41 bits per heavy atom. The van der Waals surface area contributed by atoms with Crippen molar-refractivity contribution in [2.75, 3.05) is 12.9 Å². The standard InChI is InChI=1S/C19H20N4O3S/c1-19(2,3)14-6-5-11(8-21-14)15-13(7-20)16(24)23-9-12(17(25)26-4)10-27-18(23)22-15/h5-6,8,12H,9-10H2,1-4H3. The molecule has 0 fully saturated rings. The number of ether oxygens (including phenoxy) is 1. The molecule has 0 N–H and O–H groups in total. The summed E-state index contributed by atoms with van der Waals surface area (Å²) in [5, 5.41) is 10.0. The third-order valence-corrected chi connectivity index (χ3v) is 5.54. The molecule has 140 valence electrons. The fourth-order valence-electron chi connectivity index (χ4n) is 2.85. The van der Waals surface area contributed by atoms with Crippen molar-refractivity contribution in [2.45, 2.75) is 37.9 Å². The van der Waals surface area contributed by atoms with Crippen LogP contribution in [-0.4, -0.2) is 33.4 Å². The largest absolute Gasteiger partial charge is 0.469 e. The highest BCUT2D eigenvalue weighted by Crippen LogP contribution is 2.30. The lowest BCUT2D eigenvalue weighted by molar-refractivity contribution is -0.145. The third-order valence-electron chi connectivity index (χ3n) is 4.40. The van der Waals surface area contributed by atoms with E-state index in [-0.39, 0.29) is 23.5 Å². The number of aromatic nitrogens is 3. The van der Waals surface area contributed by atoms with Crippen LogP contribution in [0.15, 0.2) is 28.3 Å². The average molecular weight is 384 g/mol. The average Bonchev–Trinajstić information content (AvgIpc) is 2.66. The number of nitrogens with zero attached hydrogens (tertiary/aromatic N) is 4. The van der Waals surface area contributed by atoms with Crippen molar-refractivity contribution in [3.05, 3.63) is 39.9 Å². The smallest absolute Gasteiger partial charge is 0.311 e. The number of fused-ring (bicyclic) bond motifs is 1. The predicted molar refractivity (Wildman–Crippen MR) is 101 cm³/mol. The minimum absolute atomic E-state index is 0.0461. The van der Waals surface area contributed by atoms with Crippen LogP contribution >= 0.6 is 11.8 Å². The number of esters is 1. The quantitative estimate of drug-likeness (QED) is 0.579. The SMILES string of the molecule is COC(=O)C1CSc2nc(-c3ccc(C(C)(C)C)nc3)c(C#N)c(=O)n2C1. The van der Waals surface area contributed by atoms with E-state index in [0.29, 0.717) is 22.2 Å². The molecule has 2 aromatic heterocycles. The van der Waals surface area contributed by atoms with Crippen molar-refractivity contribution in [2.24, 2.45) is 5.92 Å². The van der Waals surface area contributed by atoms with Crippen LogP contribution in [0, 0.1) is 17.2 Å². The maximum absolute atomic E-state index is 12.8. The molecule has 0 amide bonds. The van der Waals surface area contributed by atoms with Crippen LogP contribution in [-0.2, 0) is 21.5 Å². The molecule has 1 unspecified atom stereocenters. The van der Waals surface area contributed by atoms with Crippen molar-refractivity contribution < 1.29 is 9.53 Å². The first-order valence-electron chi connectivity index (χ1n) is 8.48. The molecule has 0 radical (unpaired) electrons. The van der Waals surface area contributed by atoms with Crippen LogP contribution in [0.4, 0.5) is 0 Å². The number of nitriles is 1. The summed E-state index contributed by atoms with van der Waals surface area (Å²) in [7, 11) is 1.32. The monoisotopic (exact) mass is 384 g/mol. The maximum Gasteiger partial charge on any atom is 0.311 e. The molecule has 1 aliphatic rings. The molecule has 7 nitrogen and oxygen atoms in total. The van der Waals surface area contributed by atoms with Crippen LogP contribution < -0.4 is 5.56 Å². The van der Waals surface area contributed by atoms with Gasteiger partial charge >= 0.3 is 5.97 Å². The fourth-order valence-corrected chi connectivity index (χ4v) is 3.91. The molecule has 1 aliphatic heterocycles. The van der Waals surface area contributed by atoms with E-state index in [1.165, 1.54) is 23.4 Å². The number of carbonyl (C=O) groups excluding carboxylic acids is 1. The van der Waals surface area contributed by atoms with E-state index < -0.39 is 11.5 Å². The number of methoxy groups -OCH3 is 1. The molecule has 8 heteroatoms. The lowest BCUT2D eigenvalue weighted by Crippen LogP contribution is -2.36. The number of rotatable bonds is 2. The van der Waals surface area contributed by atoms with Crippen LogP contribution in [0.25, 0.3) is 11.3 Å². The minimum Gasteiger partial charge on any atom is -0.469 e. The summed E-state index contributed by atoms with van der Waals surface area (Å²) >= 11 is 1.31. The van der Waals surface area contributed by atoms with Crippen molar-refractivity contribution >= 4 is 17.7 Å². The highest BCUT2D eigenvalue weighted by Gasteiger charge is 2.29. The molecule has 0 aromatic carbocycles. The van der Waals surface area contributed by atoms with Gasteiger partial charge in [-0.3, -0.25) is 19.1 Å². The summed E-state index contributed by atoms with van der Waals surface area (Å²) in [4.78, 5) is 33.6. The zero-order valence-electron chi connectivity index (χ0n) is 15.6. The second-order valence-electron chi connectivity index (χ2n) is 7.36. The molecule has 27 heavy (non-hydrogen) atoms. The Bertz CT molecular complexity index is 984. The van der Waals surface area contributed by atoms with Gasteiger partial charge in [-0.1, -0.05) is 32.5 Å². The minimum atomic E-state index is -0.446. The molecule has 0 aliphatic carbocycles. The van der Waals surface area contributed by atoms with E-state index in [2.05, 4.69) is 30.7 Å². The van der Waals surface area contributed by atoms with Crippen molar-refractivity contribution in [3.63, 3.8) is 0 Å². The molecule has 0 saturated carbocycles. The van der Waals surface area contributed by atoms with E-state index in [9.17, 15) is 14.9 Å².